The predicted octanol–water partition coefficient (Wildman–Crippen LogP) is 5.15. The summed E-state index contributed by atoms with van der Waals surface area (Å²) in [6, 6.07) is 11.6. The largest absolute Gasteiger partial charge is 0.478 e. The van der Waals surface area contributed by atoms with E-state index >= 15 is 0 Å². The van der Waals surface area contributed by atoms with Gasteiger partial charge in [0.1, 0.15) is 5.01 Å². The van der Waals surface area contributed by atoms with Crippen molar-refractivity contribution in [2.45, 2.75) is 6.10 Å². The van der Waals surface area contributed by atoms with Gasteiger partial charge in [0.2, 0.25) is 0 Å². The van der Waals surface area contributed by atoms with Crippen LogP contribution in [-0.2, 0) is 0 Å². The molecule has 1 aliphatic rings. The zero-order valence-corrected chi connectivity index (χ0v) is 13.1. The Hall–Kier alpha value is -1.49. The highest BCUT2D eigenvalue weighted by Crippen LogP contribution is 2.42. The van der Waals surface area contributed by atoms with Gasteiger partial charge in [-0.2, -0.15) is 0 Å². The number of para-hydroxylation sites is 1. The smallest absolute Gasteiger partial charge is 0.167 e. The molecule has 1 unspecified atom stereocenters. The Morgan fingerprint density at radius 2 is 2.10 bits per heavy atom. The first-order chi connectivity index (χ1) is 10.2. The summed E-state index contributed by atoms with van der Waals surface area (Å²) in [5, 5.41) is 5.36. The monoisotopic (exact) mass is 336 g/mol. The van der Waals surface area contributed by atoms with E-state index in [9.17, 15) is 0 Å². The topological polar surface area (TPSA) is 34.2 Å². The van der Waals surface area contributed by atoms with Crippen LogP contribution in [0, 0.1) is 0 Å². The van der Waals surface area contributed by atoms with Crippen molar-refractivity contribution in [2.24, 2.45) is 0 Å². The number of thiazole rings is 1. The minimum atomic E-state index is -0.145. The fourth-order valence-electron chi connectivity index (χ4n) is 2.36. The molecular weight excluding hydrogens is 327 g/mol. The van der Waals surface area contributed by atoms with Gasteiger partial charge in [0.15, 0.2) is 11.9 Å². The van der Waals surface area contributed by atoms with Crippen LogP contribution in [0.25, 0.3) is 10.2 Å². The fourth-order valence-corrected chi connectivity index (χ4v) is 3.90. The zero-order valence-electron chi connectivity index (χ0n) is 10.8. The third-order valence-electron chi connectivity index (χ3n) is 3.33. The van der Waals surface area contributed by atoms with Crippen LogP contribution in [0.15, 0.2) is 36.4 Å². The Morgan fingerprint density at radius 1 is 1.24 bits per heavy atom. The maximum atomic E-state index is 6.21. The van der Waals surface area contributed by atoms with Crippen molar-refractivity contribution >= 4 is 50.4 Å². The number of aromatic nitrogens is 1. The summed E-state index contributed by atoms with van der Waals surface area (Å²) in [5.41, 5.74) is 1.82. The van der Waals surface area contributed by atoms with Gasteiger partial charge in [-0.05, 0) is 24.3 Å². The zero-order chi connectivity index (χ0) is 14.4. The van der Waals surface area contributed by atoms with Gasteiger partial charge in [-0.25, -0.2) is 4.98 Å². The van der Waals surface area contributed by atoms with Crippen LogP contribution >= 0.6 is 34.5 Å². The highest BCUT2D eigenvalue weighted by atomic mass is 35.5. The molecule has 1 atom stereocenters. The second kappa shape index (κ2) is 5.05. The van der Waals surface area contributed by atoms with Crippen LogP contribution < -0.4 is 10.1 Å². The summed E-state index contributed by atoms with van der Waals surface area (Å²) >= 11 is 13.9. The van der Waals surface area contributed by atoms with Crippen LogP contribution in [0.5, 0.6) is 5.75 Å². The predicted molar refractivity (Wildman–Crippen MR) is 87.9 cm³/mol. The van der Waals surface area contributed by atoms with Crippen LogP contribution in [-0.4, -0.2) is 11.5 Å². The van der Waals surface area contributed by atoms with E-state index in [1.165, 1.54) is 0 Å². The van der Waals surface area contributed by atoms with E-state index < -0.39 is 0 Å². The van der Waals surface area contributed by atoms with E-state index in [1.807, 2.05) is 24.3 Å². The lowest BCUT2D eigenvalue weighted by Gasteiger charge is -2.26. The number of hydrogen-bond donors (Lipinski definition) is 1. The van der Waals surface area contributed by atoms with Crippen LogP contribution in [0.3, 0.4) is 0 Å². The third-order valence-corrected chi connectivity index (χ3v) is 4.96. The lowest BCUT2D eigenvalue weighted by atomic mass is 10.2. The molecule has 4 rings (SSSR count). The van der Waals surface area contributed by atoms with E-state index in [1.54, 1.807) is 17.4 Å². The molecule has 2 heterocycles. The Bertz CT molecular complexity index is 801. The van der Waals surface area contributed by atoms with Crippen molar-refractivity contribution in [1.29, 1.82) is 0 Å². The van der Waals surface area contributed by atoms with Gasteiger partial charge in [-0.1, -0.05) is 35.3 Å². The number of halogens is 2. The quantitative estimate of drug-likeness (QED) is 0.667. The van der Waals surface area contributed by atoms with E-state index in [2.05, 4.69) is 16.4 Å². The normalized spacial score (nSPS) is 17.1. The number of hydrogen-bond acceptors (Lipinski definition) is 4. The molecule has 0 aliphatic carbocycles. The Morgan fingerprint density at radius 3 is 2.95 bits per heavy atom. The van der Waals surface area contributed by atoms with Gasteiger partial charge in [0.25, 0.3) is 0 Å². The molecular formula is C15H10Cl2N2OS. The lowest BCUT2D eigenvalue weighted by molar-refractivity contribution is 0.210. The molecule has 2 aromatic carbocycles. The minimum Gasteiger partial charge on any atom is -0.478 e. The van der Waals surface area contributed by atoms with Crippen LogP contribution in [0.4, 0.5) is 5.69 Å². The Kier molecular flexibility index (Phi) is 3.17. The van der Waals surface area contributed by atoms with Gasteiger partial charge in [-0.15, -0.1) is 11.3 Å². The van der Waals surface area contributed by atoms with Gasteiger partial charge in [0, 0.05) is 5.02 Å². The molecule has 1 N–H and O–H groups in total. The van der Waals surface area contributed by atoms with E-state index in [-0.39, 0.29) is 6.10 Å². The van der Waals surface area contributed by atoms with Gasteiger partial charge < -0.3 is 10.1 Å². The Balaban J connectivity index is 1.71. The summed E-state index contributed by atoms with van der Waals surface area (Å²) < 4.78 is 7.18. The van der Waals surface area contributed by atoms with Crippen molar-refractivity contribution in [3.63, 3.8) is 0 Å². The van der Waals surface area contributed by atoms with Crippen molar-refractivity contribution < 1.29 is 4.74 Å². The molecule has 0 spiro atoms. The van der Waals surface area contributed by atoms with Crippen LogP contribution in [0.1, 0.15) is 11.1 Å². The van der Waals surface area contributed by atoms with Gasteiger partial charge in [0.05, 0.1) is 27.5 Å². The standard InChI is InChI=1S/C15H10Cl2N2OS/c16-8-5-9(17)14-11(6-8)18-7-12(20-14)15-19-10-3-1-2-4-13(10)21-15/h1-6,12,18H,7H2. The van der Waals surface area contributed by atoms with Crippen molar-refractivity contribution in [2.75, 3.05) is 11.9 Å². The lowest BCUT2D eigenvalue weighted by Crippen LogP contribution is -2.23. The summed E-state index contributed by atoms with van der Waals surface area (Å²) in [4.78, 5) is 4.64. The average Bonchev–Trinajstić information content (AvgIpc) is 2.90. The number of rotatable bonds is 1. The number of anilines is 1. The maximum absolute atomic E-state index is 6.21. The second-order valence-corrected chi connectivity index (χ2v) is 6.68. The molecule has 106 valence electrons. The number of benzene rings is 2. The number of nitrogens with zero attached hydrogens (tertiary/aromatic N) is 1. The van der Waals surface area contributed by atoms with Crippen molar-refractivity contribution in [1.82, 2.24) is 4.98 Å². The van der Waals surface area contributed by atoms with Crippen molar-refractivity contribution in [3.05, 3.63) is 51.5 Å². The summed E-state index contributed by atoms with van der Waals surface area (Å²) in [7, 11) is 0. The molecule has 0 bridgehead atoms. The molecule has 1 aliphatic heterocycles. The number of fused-ring (bicyclic) bond motifs is 2. The first-order valence-corrected chi connectivity index (χ1v) is 8.03. The van der Waals surface area contributed by atoms with E-state index in [0.717, 1.165) is 20.9 Å². The molecule has 0 saturated carbocycles. The summed E-state index contributed by atoms with van der Waals surface area (Å²) in [6.45, 7) is 0.642. The fraction of sp³-hybridized carbons (Fsp3) is 0.133. The maximum Gasteiger partial charge on any atom is 0.167 e. The first kappa shape index (κ1) is 13.2. The summed E-state index contributed by atoms with van der Waals surface area (Å²) in [6.07, 6.45) is -0.145. The first-order valence-electron chi connectivity index (χ1n) is 6.46. The van der Waals surface area contributed by atoms with E-state index in [4.69, 9.17) is 27.9 Å². The number of ether oxygens (including phenoxy) is 1. The van der Waals surface area contributed by atoms with Crippen molar-refractivity contribution in [3.8, 4) is 5.75 Å². The SMILES string of the molecule is Clc1cc(Cl)c2c(c1)NCC(c1nc3ccccc3s1)O2. The summed E-state index contributed by atoms with van der Waals surface area (Å²) in [5.74, 6) is 0.636. The molecule has 1 aromatic heterocycles. The molecule has 0 radical (unpaired) electrons. The van der Waals surface area contributed by atoms with Crippen LogP contribution in [0.2, 0.25) is 10.0 Å². The minimum absolute atomic E-state index is 0.145. The average molecular weight is 337 g/mol. The number of nitrogens with one attached hydrogen (secondary N) is 1. The Labute approximate surface area is 135 Å². The molecule has 3 nitrogen and oxygen atoms in total. The highest BCUT2D eigenvalue weighted by Gasteiger charge is 2.26. The highest BCUT2D eigenvalue weighted by molar-refractivity contribution is 7.18. The third kappa shape index (κ3) is 2.33. The second-order valence-electron chi connectivity index (χ2n) is 4.77. The van der Waals surface area contributed by atoms with Gasteiger partial charge in [-0.3, -0.25) is 0 Å². The molecule has 0 fully saturated rings. The molecule has 0 saturated heterocycles. The van der Waals surface area contributed by atoms with E-state index in [0.29, 0.717) is 22.3 Å². The van der Waals surface area contributed by atoms with Gasteiger partial charge >= 0.3 is 0 Å². The molecule has 3 aromatic rings. The molecule has 0 amide bonds. The molecule has 6 heteroatoms. The molecule has 21 heavy (non-hydrogen) atoms.